The monoisotopic (exact) mass is 275 g/mol. The van der Waals surface area contributed by atoms with Crippen molar-refractivity contribution in [3.63, 3.8) is 0 Å². The molecule has 5 heteroatoms. The first-order chi connectivity index (χ1) is 9.61. The van der Waals surface area contributed by atoms with Gasteiger partial charge in [-0.3, -0.25) is 9.59 Å². The minimum atomic E-state index is -0.998. The van der Waals surface area contributed by atoms with Crippen LogP contribution in [-0.2, 0) is 20.9 Å². The molecule has 1 aromatic carbocycles. The van der Waals surface area contributed by atoms with Crippen LogP contribution in [0.4, 0.5) is 0 Å². The zero-order chi connectivity index (χ0) is 14.5. The highest BCUT2D eigenvalue weighted by Crippen LogP contribution is 2.19. The van der Waals surface area contributed by atoms with Crippen molar-refractivity contribution in [1.82, 2.24) is 4.90 Å². The van der Waals surface area contributed by atoms with Crippen molar-refractivity contribution in [2.24, 2.45) is 5.92 Å². The van der Waals surface area contributed by atoms with Gasteiger partial charge in [0.25, 0.3) is 0 Å². The van der Waals surface area contributed by atoms with Crippen LogP contribution in [0.25, 0.3) is 0 Å². The van der Waals surface area contributed by atoms with Gasteiger partial charge < -0.3 is 14.7 Å². The van der Waals surface area contributed by atoms with Crippen molar-refractivity contribution in [3.05, 3.63) is 47.9 Å². The fourth-order valence-corrected chi connectivity index (χ4v) is 2.09. The molecule has 0 radical (unpaired) electrons. The molecule has 0 saturated carbocycles. The number of aliphatic hydroxyl groups excluding tert-OH is 1. The van der Waals surface area contributed by atoms with Crippen molar-refractivity contribution < 1.29 is 19.4 Å². The second-order valence-electron chi connectivity index (χ2n) is 4.56. The van der Waals surface area contributed by atoms with Gasteiger partial charge in [-0.25, -0.2) is 0 Å². The molecule has 1 aliphatic rings. The fraction of sp³-hybridized carbons (Fsp3) is 0.333. The fourth-order valence-electron chi connectivity index (χ4n) is 2.09. The van der Waals surface area contributed by atoms with E-state index in [0.29, 0.717) is 6.54 Å². The Hall–Kier alpha value is -2.30. The number of carbonyl (C=O) groups is 2. The molecule has 1 N–H and O–H groups in total. The van der Waals surface area contributed by atoms with Crippen LogP contribution in [0.1, 0.15) is 12.5 Å². The summed E-state index contributed by atoms with van der Waals surface area (Å²) < 4.78 is 4.82. The number of aliphatic hydroxyl groups is 1. The molecule has 0 aliphatic carbocycles. The van der Waals surface area contributed by atoms with Crippen molar-refractivity contribution >= 4 is 11.8 Å². The predicted molar refractivity (Wildman–Crippen MR) is 72.7 cm³/mol. The lowest BCUT2D eigenvalue weighted by Gasteiger charge is -2.28. The summed E-state index contributed by atoms with van der Waals surface area (Å²) in [4.78, 5) is 25.1. The minimum absolute atomic E-state index is 0.000703. The molecule has 0 amide bonds. The number of benzene rings is 1. The Bertz CT molecular complexity index is 524. The summed E-state index contributed by atoms with van der Waals surface area (Å²) in [7, 11) is 0. The summed E-state index contributed by atoms with van der Waals surface area (Å²) in [5.41, 5.74) is 0.981. The SMILES string of the molecule is CCOC(=O)C1C=C(O)N(Cc2ccccc2)CC1=O. The molecule has 1 heterocycles. The van der Waals surface area contributed by atoms with E-state index in [-0.39, 0.29) is 24.8 Å². The van der Waals surface area contributed by atoms with E-state index in [1.54, 1.807) is 6.92 Å². The average Bonchev–Trinajstić information content (AvgIpc) is 2.44. The number of hydrogen-bond donors (Lipinski definition) is 1. The van der Waals surface area contributed by atoms with Crippen molar-refractivity contribution in [1.29, 1.82) is 0 Å². The number of rotatable bonds is 4. The Morgan fingerprint density at radius 3 is 2.75 bits per heavy atom. The van der Waals surface area contributed by atoms with E-state index < -0.39 is 11.9 Å². The third kappa shape index (κ3) is 3.17. The van der Waals surface area contributed by atoms with Gasteiger partial charge in [0.1, 0.15) is 5.92 Å². The molecule has 1 unspecified atom stereocenters. The Balaban J connectivity index is 2.10. The Morgan fingerprint density at radius 2 is 2.10 bits per heavy atom. The lowest BCUT2D eigenvalue weighted by molar-refractivity contribution is -0.150. The Labute approximate surface area is 117 Å². The van der Waals surface area contributed by atoms with Crippen LogP contribution in [0.3, 0.4) is 0 Å². The summed E-state index contributed by atoms with van der Waals surface area (Å²) >= 11 is 0. The minimum Gasteiger partial charge on any atom is -0.495 e. The van der Waals surface area contributed by atoms with Crippen LogP contribution in [0, 0.1) is 5.92 Å². The molecule has 2 rings (SSSR count). The third-order valence-corrected chi connectivity index (χ3v) is 3.09. The highest BCUT2D eigenvalue weighted by Gasteiger charge is 2.33. The molecule has 0 saturated heterocycles. The van der Waals surface area contributed by atoms with Crippen molar-refractivity contribution in [2.75, 3.05) is 13.2 Å². The van der Waals surface area contributed by atoms with Gasteiger partial charge >= 0.3 is 5.97 Å². The maximum absolute atomic E-state index is 12.0. The van der Waals surface area contributed by atoms with Gasteiger partial charge in [-0.1, -0.05) is 30.3 Å². The molecule has 1 aliphatic heterocycles. The number of carbonyl (C=O) groups excluding carboxylic acids is 2. The topological polar surface area (TPSA) is 66.8 Å². The van der Waals surface area contributed by atoms with Gasteiger partial charge in [0.05, 0.1) is 13.2 Å². The van der Waals surface area contributed by atoms with Crippen molar-refractivity contribution in [2.45, 2.75) is 13.5 Å². The van der Waals surface area contributed by atoms with Gasteiger partial charge in [0, 0.05) is 6.54 Å². The molecule has 0 fully saturated rings. The van der Waals surface area contributed by atoms with Crippen LogP contribution in [0.5, 0.6) is 0 Å². The first-order valence-electron chi connectivity index (χ1n) is 6.50. The smallest absolute Gasteiger partial charge is 0.320 e. The summed E-state index contributed by atoms with van der Waals surface area (Å²) in [6.45, 7) is 2.31. The molecule has 0 spiro atoms. The van der Waals surface area contributed by atoms with Crippen molar-refractivity contribution in [3.8, 4) is 0 Å². The Morgan fingerprint density at radius 1 is 1.40 bits per heavy atom. The lowest BCUT2D eigenvalue weighted by Crippen LogP contribution is -2.40. The molecule has 0 aromatic heterocycles. The highest BCUT2D eigenvalue weighted by molar-refractivity contribution is 6.02. The second kappa shape index (κ2) is 6.23. The van der Waals surface area contributed by atoms with Crippen LogP contribution in [0.2, 0.25) is 0 Å². The normalized spacial score (nSPS) is 18.6. The molecule has 0 bridgehead atoms. The lowest BCUT2D eigenvalue weighted by atomic mass is 10.00. The second-order valence-corrected chi connectivity index (χ2v) is 4.56. The van der Waals surface area contributed by atoms with E-state index >= 15 is 0 Å². The van der Waals surface area contributed by atoms with E-state index in [1.165, 1.54) is 11.0 Å². The van der Waals surface area contributed by atoms with Crippen LogP contribution < -0.4 is 0 Å². The van der Waals surface area contributed by atoms with Gasteiger partial charge in [0.15, 0.2) is 11.7 Å². The van der Waals surface area contributed by atoms with E-state index in [2.05, 4.69) is 0 Å². The van der Waals surface area contributed by atoms with Gasteiger partial charge in [-0.2, -0.15) is 0 Å². The third-order valence-electron chi connectivity index (χ3n) is 3.09. The zero-order valence-electron chi connectivity index (χ0n) is 11.3. The predicted octanol–water partition coefficient (Wildman–Crippen LogP) is 1.65. The standard InChI is InChI=1S/C15H17NO4/c1-2-20-15(19)12-8-14(18)16(10-13(12)17)9-11-6-4-3-5-7-11/h3-8,12,18H,2,9-10H2,1H3. The summed E-state index contributed by atoms with van der Waals surface area (Å²) in [5, 5.41) is 9.96. The molecular formula is C15H17NO4. The van der Waals surface area contributed by atoms with E-state index in [9.17, 15) is 14.7 Å². The van der Waals surface area contributed by atoms with Gasteiger partial charge in [-0.15, -0.1) is 0 Å². The van der Waals surface area contributed by atoms with Gasteiger partial charge in [0.2, 0.25) is 0 Å². The van der Waals surface area contributed by atoms with E-state index in [1.807, 2.05) is 30.3 Å². The molecule has 5 nitrogen and oxygen atoms in total. The molecule has 106 valence electrons. The Kier molecular flexibility index (Phi) is 4.40. The van der Waals surface area contributed by atoms with Crippen LogP contribution in [0.15, 0.2) is 42.3 Å². The highest BCUT2D eigenvalue weighted by atomic mass is 16.5. The number of hydrogen-bond acceptors (Lipinski definition) is 5. The van der Waals surface area contributed by atoms with Crippen LogP contribution >= 0.6 is 0 Å². The maximum atomic E-state index is 12.0. The summed E-state index contributed by atoms with van der Waals surface area (Å²) in [6.07, 6.45) is 1.26. The summed E-state index contributed by atoms with van der Waals surface area (Å²) in [6, 6.07) is 9.51. The van der Waals surface area contributed by atoms with E-state index in [0.717, 1.165) is 5.56 Å². The maximum Gasteiger partial charge on any atom is 0.320 e. The number of Topliss-reactive ketones (excluding diaryl/α,β-unsaturated/α-hetero) is 1. The first-order valence-corrected chi connectivity index (χ1v) is 6.50. The molecule has 1 aromatic rings. The zero-order valence-corrected chi connectivity index (χ0v) is 11.3. The number of nitrogens with zero attached hydrogens (tertiary/aromatic N) is 1. The molecule has 1 atom stereocenters. The largest absolute Gasteiger partial charge is 0.495 e. The quantitative estimate of drug-likeness (QED) is 0.668. The first kappa shape index (κ1) is 14.1. The summed E-state index contributed by atoms with van der Waals surface area (Å²) in [5.74, 6) is -1.94. The average molecular weight is 275 g/mol. The molecular weight excluding hydrogens is 258 g/mol. The number of ketones is 1. The van der Waals surface area contributed by atoms with Gasteiger partial charge in [-0.05, 0) is 18.6 Å². The van der Waals surface area contributed by atoms with Crippen LogP contribution in [-0.4, -0.2) is 34.9 Å². The number of esters is 1. The van der Waals surface area contributed by atoms with E-state index in [4.69, 9.17) is 4.74 Å². The number of ether oxygens (including phenoxy) is 1. The molecule has 20 heavy (non-hydrogen) atoms.